The average molecular weight is 178 g/mol. The van der Waals surface area contributed by atoms with Gasteiger partial charge in [0, 0.05) is 18.1 Å². The van der Waals surface area contributed by atoms with Crippen molar-refractivity contribution < 1.29 is 4.39 Å². The standard InChI is InChI=1S/C10H11FN2/c1-2-13-6-5-7-9(13)4-3-8(12)10(7)11/h3-6H,2,12H2,1H3. The molecule has 1 heterocycles. The molecule has 0 bridgehead atoms. The van der Waals surface area contributed by atoms with E-state index in [1.165, 1.54) is 0 Å². The first-order valence-electron chi connectivity index (χ1n) is 4.27. The van der Waals surface area contributed by atoms with Crippen LogP contribution in [0.4, 0.5) is 10.1 Å². The second-order valence-electron chi connectivity index (χ2n) is 3.00. The molecule has 2 N–H and O–H groups in total. The maximum atomic E-state index is 13.4. The summed E-state index contributed by atoms with van der Waals surface area (Å²) in [7, 11) is 0. The second kappa shape index (κ2) is 2.76. The van der Waals surface area contributed by atoms with Gasteiger partial charge in [0.2, 0.25) is 0 Å². The molecule has 3 heteroatoms. The van der Waals surface area contributed by atoms with E-state index in [4.69, 9.17) is 5.73 Å². The Morgan fingerprint density at radius 2 is 2.15 bits per heavy atom. The zero-order chi connectivity index (χ0) is 9.42. The van der Waals surface area contributed by atoms with Crippen molar-refractivity contribution in [3.63, 3.8) is 0 Å². The molecule has 13 heavy (non-hydrogen) atoms. The maximum absolute atomic E-state index is 13.4. The van der Waals surface area contributed by atoms with Crippen LogP contribution in [-0.4, -0.2) is 4.57 Å². The number of nitrogens with two attached hydrogens (primary N) is 1. The number of nitrogen functional groups attached to an aromatic ring is 1. The van der Waals surface area contributed by atoms with Crippen LogP contribution in [0.25, 0.3) is 10.9 Å². The monoisotopic (exact) mass is 178 g/mol. The highest BCUT2D eigenvalue weighted by atomic mass is 19.1. The SMILES string of the molecule is CCn1ccc2c(F)c(N)ccc21. The first-order chi connectivity index (χ1) is 6.24. The smallest absolute Gasteiger partial charge is 0.155 e. The van der Waals surface area contributed by atoms with Crippen molar-refractivity contribution >= 4 is 16.6 Å². The van der Waals surface area contributed by atoms with E-state index in [0.29, 0.717) is 5.39 Å². The number of aryl methyl sites for hydroxylation is 1. The number of anilines is 1. The summed E-state index contributed by atoms with van der Waals surface area (Å²) in [6.45, 7) is 2.86. The lowest BCUT2D eigenvalue weighted by atomic mass is 10.2. The summed E-state index contributed by atoms with van der Waals surface area (Å²) in [5.41, 5.74) is 6.56. The zero-order valence-electron chi connectivity index (χ0n) is 7.42. The molecule has 0 saturated carbocycles. The Morgan fingerprint density at radius 1 is 1.38 bits per heavy atom. The number of halogens is 1. The Kier molecular flexibility index (Phi) is 1.72. The summed E-state index contributed by atoms with van der Waals surface area (Å²) in [5.74, 6) is -0.315. The fourth-order valence-corrected chi connectivity index (χ4v) is 1.53. The second-order valence-corrected chi connectivity index (χ2v) is 3.00. The van der Waals surface area contributed by atoms with Crippen LogP contribution in [0.15, 0.2) is 24.4 Å². The highest BCUT2D eigenvalue weighted by Gasteiger charge is 2.06. The summed E-state index contributed by atoms with van der Waals surface area (Å²) >= 11 is 0. The van der Waals surface area contributed by atoms with Crippen LogP contribution in [0.5, 0.6) is 0 Å². The Balaban J connectivity index is 2.81. The lowest BCUT2D eigenvalue weighted by molar-refractivity contribution is 0.644. The number of nitrogens with zero attached hydrogens (tertiary/aromatic N) is 1. The van der Waals surface area contributed by atoms with E-state index in [9.17, 15) is 4.39 Å². The normalized spacial score (nSPS) is 10.9. The molecule has 2 aromatic rings. The first-order valence-corrected chi connectivity index (χ1v) is 4.27. The fourth-order valence-electron chi connectivity index (χ4n) is 1.53. The largest absolute Gasteiger partial charge is 0.396 e. The van der Waals surface area contributed by atoms with Crippen LogP contribution in [0, 0.1) is 5.82 Å². The van der Waals surface area contributed by atoms with Gasteiger partial charge in [0.25, 0.3) is 0 Å². The molecule has 0 fully saturated rings. The fraction of sp³-hybridized carbons (Fsp3) is 0.200. The quantitative estimate of drug-likeness (QED) is 0.668. The molecule has 68 valence electrons. The molecular weight excluding hydrogens is 167 g/mol. The van der Waals surface area contributed by atoms with Crippen molar-refractivity contribution in [3.8, 4) is 0 Å². The van der Waals surface area contributed by atoms with E-state index >= 15 is 0 Å². The van der Waals surface area contributed by atoms with Crippen LogP contribution in [0.1, 0.15) is 6.92 Å². The summed E-state index contributed by atoms with van der Waals surface area (Å²) in [5, 5.41) is 0.599. The average Bonchev–Trinajstić information content (AvgIpc) is 2.55. The van der Waals surface area contributed by atoms with Gasteiger partial charge in [-0.15, -0.1) is 0 Å². The van der Waals surface area contributed by atoms with Gasteiger partial charge in [0.15, 0.2) is 5.82 Å². The molecule has 2 nitrogen and oxygen atoms in total. The van der Waals surface area contributed by atoms with Crippen molar-refractivity contribution in [2.24, 2.45) is 0 Å². The number of hydrogen-bond donors (Lipinski definition) is 1. The lowest BCUT2D eigenvalue weighted by Gasteiger charge is -2.01. The Bertz CT molecular complexity index is 445. The summed E-state index contributed by atoms with van der Waals surface area (Å²) in [6.07, 6.45) is 1.87. The van der Waals surface area contributed by atoms with Gasteiger partial charge in [-0.2, -0.15) is 0 Å². The van der Waals surface area contributed by atoms with Crippen LogP contribution >= 0.6 is 0 Å². The highest BCUT2D eigenvalue weighted by molar-refractivity contribution is 5.84. The van der Waals surface area contributed by atoms with Gasteiger partial charge in [0.1, 0.15) is 0 Å². The van der Waals surface area contributed by atoms with Gasteiger partial charge < -0.3 is 10.3 Å². The summed E-state index contributed by atoms with van der Waals surface area (Å²) in [6, 6.07) is 5.20. The van der Waals surface area contributed by atoms with Crippen molar-refractivity contribution in [1.29, 1.82) is 0 Å². The third-order valence-corrected chi connectivity index (χ3v) is 2.26. The van der Waals surface area contributed by atoms with Crippen molar-refractivity contribution in [2.45, 2.75) is 13.5 Å². The lowest BCUT2D eigenvalue weighted by Crippen LogP contribution is -1.93. The molecule has 0 saturated heterocycles. The molecule has 2 rings (SSSR count). The van der Waals surface area contributed by atoms with E-state index in [0.717, 1.165) is 12.1 Å². The summed E-state index contributed by atoms with van der Waals surface area (Å²) < 4.78 is 15.4. The van der Waals surface area contributed by atoms with Gasteiger partial charge in [-0.05, 0) is 25.1 Å². The van der Waals surface area contributed by atoms with Gasteiger partial charge >= 0.3 is 0 Å². The third kappa shape index (κ3) is 1.08. The van der Waals surface area contributed by atoms with Gasteiger partial charge in [-0.1, -0.05) is 0 Å². The molecule has 1 aromatic carbocycles. The Hall–Kier alpha value is -1.51. The summed E-state index contributed by atoms with van der Waals surface area (Å²) in [4.78, 5) is 0. The molecule has 0 amide bonds. The molecule has 0 unspecified atom stereocenters. The van der Waals surface area contributed by atoms with E-state index in [1.54, 1.807) is 12.1 Å². The number of hydrogen-bond acceptors (Lipinski definition) is 1. The topological polar surface area (TPSA) is 30.9 Å². The van der Waals surface area contributed by atoms with E-state index in [-0.39, 0.29) is 11.5 Å². The molecule has 0 aliphatic heterocycles. The number of fused-ring (bicyclic) bond motifs is 1. The van der Waals surface area contributed by atoms with E-state index < -0.39 is 0 Å². The van der Waals surface area contributed by atoms with E-state index in [1.807, 2.05) is 23.8 Å². The highest BCUT2D eigenvalue weighted by Crippen LogP contribution is 2.23. The van der Waals surface area contributed by atoms with Gasteiger partial charge in [-0.25, -0.2) is 4.39 Å². The molecular formula is C10H11FN2. The molecule has 0 spiro atoms. The molecule has 0 aliphatic rings. The van der Waals surface area contributed by atoms with Gasteiger partial charge in [-0.3, -0.25) is 0 Å². The Morgan fingerprint density at radius 3 is 2.85 bits per heavy atom. The minimum Gasteiger partial charge on any atom is -0.396 e. The minimum absolute atomic E-state index is 0.210. The van der Waals surface area contributed by atoms with Crippen LogP contribution in [0.2, 0.25) is 0 Å². The minimum atomic E-state index is -0.315. The molecule has 0 radical (unpaired) electrons. The van der Waals surface area contributed by atoms with Crippen LogP contribution < -0.4 is 5.73 Å². The Labute approximate surface area is 75.8 Å². The molecule has 0 aliphatic carbocycles. The van der Waals surface area contributed by atoms with E-state index in [2.05, 4.69) is 0 Å². The predicted octanol–water partition coefficient (Wildman–Crippen LogP) is 2.38. The molecule has 1 aromatic heterocycles. The maximum Gasteiger partial charge on any atom is 0.155 e. The molecule has 0 atom stereocenters. The number of rotatable bonds is 1. The van der Waals surface area contributed by atoms with Crippen LogP contribution in [0.3, 0.4) is 0 Å². The number of aromatic nitrogens is 1. The van der Waals surface area contributed by atoms with Gasteiger partial charge in [0.05, 0.1) is 11.2 Å². The first kappa shape index (κ1) is 8.10. The van der Waals surface area contributed by atoms with Crippen LogP contribution in [-0.2, 0) is 6.54 Å². The predicted molar refractivity (Wildman–Crippen MR) is 52.0 cm³/mol. The number of benzene rings is 1. The van der Waals surface area contributed by atoms with Crippen molar-refractivity contribution in [1.82, 2.24) is 4.57 Å². The van der Waals surface area contributed by atoms with Crippen molar-refractivity contribution in [2.75, 3.05) is 5.73 Å². The van der Waals surface area contributed by atoms with Crippen molar-refractivity contribution in [3.05, 3.63) is 30.2 Å². The third-order valence-electron chi connectivity index (χ3n) is 2.26. The zero-order valence-corrected chi connectivity index (χ0v) is 7.42.